The fourth-order valence-corrected chi connectivity index (χ4v) is 5.18. The zero-order chi connectivity index (χ0) is 21.0. The number of carbonyl (C=O) groups excluding carboxylic acids is 1. The number of aryl methyl sites for hydroxylation is 1. The molecule has 1 unspecified atom stereocenters. The minimum Gasteiger partial charge on any atom is -0.348 e. The number of hydrogen-bond donors (Lipinski definition) is 1. The van der Waals surface area contributed by atoms with Crippen LogP contribution in [0.5, 0.6) is 0 Å². The number of carbonyl (C=O) groups is 1. The van der Waals surface area contributed by atoms with Crippen LogP contribution in [-0.2, 0) is 14.8 Å². The summed E-state index contributed by atoms with van der Waals surface area (Å²) < 4.78 is 28.0. The summed E-state index contributed by atoms with van der Waals surface area (Å²) in [5, 5.41) is 3.01. The average Bonchev–Trinajstić information content (AvgIpc) is 2.68. The van der Waals surface area contributed by atoms with Crippen molar-refractivity contribution in [2.75, 3.05) is 32.7 Å². The van der Waals surface area contributed by atoms with E-state index in [4.69, 9.17) is 0 Å². The van der Waals surface area contributed by atoms with Crippen molar-refractivity contribution >= 4 is 31.9 Å². The van der Waals surface area contributed by atoms with Gasteiger partial charge in [-0.15, -0.1) is 0 Å². The fraction of sp³-hybridized carbons (Fsp3) is 0.381. The van der Waals surface area contributed by atoms with E-state index in [2.05, 4.69) is 21.2 Å². The second-order valence-electron chi connectivity index (χ2n) is 7.34. The lowest BCUT2D eigenvalue weighted by molar-refractivity contribution is -0.123. The Morgan fingerprint density at radius 3 is 2.38 bits per heavy atom. The van der Waals surface area contributed by atoms with Gasteiger partial charge in [0.2, 0.25) is 15.9 Å². The summed E-state index contributed by atoms with van der Waals surface area (Å²) in [7, 11) is -3.49. The molecule has 1 atom stereocenters. The number of halogens is 1. The van der Waals surface area contributed by atoms with E-state index >= 15 is 0 Å². The molecule has 2 aromatic carbocycles. The second kappa shape index (κ2) is 9.38. The van der Waals surface area contributed by atoms with Crippen LogP contribution in [0, 0.1) is 6.92 Å². The standard InChI is InChI=1S/C21H26BrN3O3S/c1-16-6-8-20(9-7-16)29(27,28)25-12-10-24(11-13-25)15-21(26)23-17(2)18-4-3-5-19(22)14-18/h3-9,14,17H,10-13,15H2,1-2H3,(H,23,26). The third-order valence-corrected chi connectivity index (χ3v) is 7.49. The van der Waals surface area contributed by atoms with Crippen LogP contribution in [0.4, 0.5) is 0 Å². The number of benzene rings is 2. The van der Waals surface area contributed by atoms with Gasteiger partial charge < -0.3 is 5.32 Å². The summed E-state index contributed by atoms with van der Waals surface area (Å²) in [6.45, 7) is 5.96. The first-order valence-electron chi connectivity index (χ1n) is 9.60. The minimum absolute atomic E-state index is 0.0627. The predicted molar refractivity (Wildman–Crippen MR) is 117 cm³/mol. The molecule has 0 aliphatic carbocycles. The van der Waals surface area contributed by atoms with Gasteiger partial charge in [0.05, 0.1) is 17.5 Å². The molecular weight excluding hydrogens is 454 g/mol. The van der Waals surface area contributed by atoms with Crippen LogP contribution in [0.15, 0.2) is 57.9 Å². The van der Waals surface area contributed by atoms with E-state index in [1.807, 2.05) is 43.0 Å². The molecule has 3 rings (SSSR count). The Hall–Kier alpha value is -1.74. The van der Waals surface area contributed by atoms with Gasteiger partial charge in [0.25, 0.3) is 0 Å². The molecule has 0 radical (unpaired) electrons. The Balaban J connectivity index is 1.51. The van der Waals surface area contributed by atoms with E-state index in [-0.39, 0.29) is 18.5 Å². The summed E-state index contributed by atoms with van der Waals surface area (Å²) in [4.78, 5) is 14.7. The molecule has 1 heterocycles. The molecule has 1 saturated heterocycles. The summed E-state index contributed by atoms with van der Waals surface area (Å²) in [6.07, 6.45) is 0. The maximum atomic E-state index is 12.8. The van der Waals surface area contributed by atoms with Crippen molar-refractivity contribution < 1.29 is 13.2 Å². The van der Waals surface area contributed by atoms with Gasteiger partial charge in [-0.1, -0.05) is 45.8 Å². The number of hydrogen-bond acceptors (Lipinski definition) is 4. The highest BCUT2D eigenvalue weighted by Crippen LogP contribution is 2.19. The summed E-state index contributed by atoms with van der Waals surface area (Å²) in [5.41, 5.74) is 2.05. The zero-order valence-electron chi connectivity index (χ0n) is 16.6. The first-order valence-corrected chi connectivity index (χ1v) is 11.8. The average molecular weight is 480 g/mol. The maximum absolute atomic E-state index is 12.8. The van der Waals surface area contributed by atoms with Crippen molar-refractivity contribution in [2.45, 2.75) is 24.8 Å². The van der Waals surface area contributed by atoms with Crippen molar-refractivity contribution in [3.8, 4) is 0 Å². The highest BCUT2D eigenvalue weighted by Gasteiger charge is 2.29. The Labute approximate surface area is 181 Å². The lowest BCUT2D eigenvalue weighted by atomic mass is 10.1. The second-order valence-corrected chi connectivity index (χ2v) is 10.2. The monoisotopic (exact) mass is 479 g/mol. The van der Waals surface area contributed by atoms with E-state index in [0.29, 0.717) is 31.1 Å². The SMILES string of the molecule is Cc1ccc(S(=O)(=O)N2CCN(CC(=O)NC(C)c3cccc(Br)c3)CC2)cc1. The summed E-state index contributed by atoms with van der Waals surface area (Å²) in [5.74, 6) is -0.0627. The Kier molecular flexibility index (Phi) is 7.10. The number of nitrogens with one attached hydrogen (secondary N) is 1. The first kappa shape index (κ1) is 22.0. The van der Waals surface area contributed by atoms with Gasteiger partial charge in [-0.3, -0.25) is 9.69 Å². The van der Waals surface area contributed by atoms with E-state index in [1.165, 1.54) is 4.31 Å². The summed E-state index contributed by atoms with van der Waals surface area (Å²) in [6, 6.07) is 14.7. The number of rotatable bonds is 6. The quantitative estimate of drug-likeness (QED) is 0.691. The molecule has 156 valence electrons. The smallest absolute Gasteiger partial charge is 0.243 e. The van der Waals surface area contributed by atoms with E-state index in [9.17, 15) is 13.2 Å². The van der Waals surface area contributed by atoms with Gasteiger partial charge in [0, 0.05) is 30.7 Å². The molecule has 6 nitrogen and oxygen atoms in total. The normalized spacial score (nSPS) is 17.1. The molecule has 0 saturated carbocycles. The first-order chi connectivity index (χ1) is 13.8. The van der Waals surface area contributed by atoms with Gasteiger partial charge in [-0.25, -0.2) is 8.42 Å². The predicted octanol–water partition coefficient (Wildman–Crippen LogP) is 2.94. The van der Waals surface area contributed by atoms with E-state index < -0.39 is 10.0 Å². The zero-order valence-corrected chi connectivity index (χ0v) is 19.0. The van der Waals surface area contributed by atoms with Crippen LogP contribution < -0.4 is 5.32 Å². The Bertz CT molecular complexity index is 955. The molecule has 1 N–H and O–H groups in total. The molecule has 0 bridgehead atoms. The molecule has 29 heavy (non-hydrogen) atoms. The highest BCUT2D eigenvalue weighted by atomic mass is 79.9. The summed E-state index contributed by atoms with van der Waals surface area (Å²) >= 11 is 3.44. The van der Waals surface area contributed by atoms with Crippen LogP contribution in [0.1, 0.15) is 24.1 Å². The fourth-order valence-electron chi connectivity index (χ4n) is 3.34. The third kappa shape index (κ3) is 5.66. The Morgan fingerprint density at radius 1 is 1.10 bits per heavy atom. The topological polar surface area (TPSA) is 69.7 Å². The number of piperazine rings is 1. The molecule has 1 aliphatic heterocycles. The molecule has 0 spiro atoms. The van der Waals surface area contributed by atoms with E-state index in [0.717, 1.165) is 15.6 Å². The van der Waals surface area contributed by atoms with Crippen molar-refractivity contribution in [3.05, 3.63) is 64.1 Å². The number of sulfonamides is 1. The molecular formula is C21H26BrN3O3S. The van der Waals surface area contributed by atoms with Gasteiger partial charge in [-0.05, 0) is 43.7 Å². The maximum Gasteiger partial charge on any atom is 0.243 e. The van der Waals surface area contributed by atoms with Crippen molar-refractivity contribution in [1.29, 1.82) is 0 Å². The van der Waals surface area contributed by atoms with Crippen molar-refractivity contribution in [2.24, 2.45) is 0 Å². The molecule has 2 aromatic rings. The molecule has 0 aromatic heterocycles. The molecule has 1 fully saturated rings. The van der Waals surface area contributed by atoms with Crippen molar-refractivity contribution in [1.82, 2.24) is 14.5 Å². The Morgan fingerprint density at radius 2 is 1.76 bits per heavy atom. The largest absolute Gasteiger partial charge is 0.348 e. The van der Waals surface area contributed by atoms with Crippen LogP contribution in [0.25, 0.3) is 0 Å². The lowest BCUT2D eigenvalue weighted by Gasteiger charge is -2.33. The van der Waals surface area contributed by atoms with Crippen LogP contribution in [-0.4, -0.2) is 56.3 Å². The molecule has 1 amide bonds. The van der Waals surface area contributed by atoms with Gasteiger partial charge in [0.15, 0.2) is 0 Å². The molecule has 8 heteroatoms. The molecule has 1 aliphatic rings. The highest BCUT2D eigenvalue weighted by molar-refractivity contribution is 9.10. The number of nitrogens with zero attached hydrogens (tertiary/aromatic N) is 2. The minimum atomic E-state index is -3.49. The van der Waals surface area contributed by atoms with E-state index in [1.54, 1.807) is 24.3 Å². The number of amides is 1. The van der Waals surface area contributed by atoms with Crippen molar-refractivity contribution in [3.63, 3.8) is 0 Å². The van der Waals surface area contributed by atoms with Gasteiger partial charge in [-0.2, -0.15) is 4.31 Å². The van der Waals surface area contributed by atoms with Crippen LogP contribution in [0.2, 0.25) is 0 Å². The lowest BCUT2D eigenvalue weighted by Crippen LogP contribution is -2.51. The van der Waals surface area contributed by atoms with Gasteiger partial charge >= 0.3 is 0 Å². The van der Waals surface area contributed by atoms with Crippen LogP contribution >= 0.6 is 15.9 Å². The van der Waals surface area contributed by atoms with Gasteiger partial charge in [0.1, 0.15) is 0 Å². The third-order valence-electron chi connectivity index (χ3n) is 5.08. The van der Waals surface area contributed by atoms with Crippen LogP contribution in [0.3, 0.4) is 0 Å².